The summed E-state index contributed by atoms with van der Waals surface area (Å²) in [5, 5.41) is 6.23. The standard InChI is InChI=1S/C22H28FN5O3.2H2/c1-4-28(22(30)31-3)18-7-5-6-15(12-18)20-19(23)13-24-21(27-20)26-17-10-8-16(9-11-17)25-14(2)29;;/h5-7,12-13,16-17H,4,8-11H2,1-3H3,(H,25,29)(H,24,26,27);2*1H. The average Bonchev–Trinajstić information content (AvgIpc) is 2.76. The maximum absolute atomic E-state index is 14.5. The number of methoxy groups -OCH3 is 1. The van der Waals surface area contributed by atoms with E-state index in [4.69, 9.17) is 4.74 Å². The topological polar surface area (TPSA) is 96.5 Å². The maximum atomic E-state index is 14.5. The van der Waals surface area contributed by atoms with Gasteiger partial charge in [0.2, 0.25) is 11.9 Å². The molecule has 31 heavy (non-hydrogen) atoms. The molecule has 9 heteroatoms. The Bertz CT molecular complexity index is 942. The van der Waals surface area contributed by atoms with Crippen LogP contribution in [0.1, 0.15) is 42.4 Å². The molecular weight excluding hydrogens is 401 g/mol. The quantitative estimate of drug-likeness (QED) is 0.708. The number of aromatic nitrogens is 2. The maximum Gasteiger partial charge on any atom is 0.413 e. The SMILES string of the molecule is CCN(C(=O)OC)c1cccc(-c2nc(NC3CCC(NC(C)=O)CC3)ncc2F)c1.[HH].[HH]. The fourth-order valence-corrected chi connectivity index (χ4v) is 3.84. The van der Waals surface area contributed by atoms with Gasteiger partial charge < -0.3 is 15.4 Å². The lowest BCUT2D eigenvalue weighted by atomic mass is 9.91. The monoisotopic (exact) mass is 433 g/mol. The molecule has 0 aliphatic heterocycles. The largest absolute Gasteiger partial charge is 0.452 e. The predicted molar refractivity (Wildman–Crippen MR) is 121 cm³/mol. The molecule has 1 aliphatic rings. The molecule has 2 amide bonds. The Kier molecular flexibility index (Phi) is 7.38. The molecule has 0 atom stereocenters. The van der Waals surface area contributed by atoms with E-state index in [0.717, 1.165) is 31.9 Å². The number of nitrogens with zero attached hydrogens (tertiary/aromatic N) is 3. The first-order chi connectivity index (χ1) is 14.9. The molecule has 170 valence electrons. The van der Waals surface area contributed by atoms with E-state index in [-0.39, 0.29) is 26.5 Å². The smallest absolute Gasteiger partial charge is 0.413 e. The predicted octanol–water partition coefficient (Wildman–Crippen LogP) is 4.23. The van der Waals surface area contributed by atoms with Crippen molar-refractivity contribution < 1.29 is 21.6 Å². The zero-order valence-corrected chi connectivity index (χ0v) is 18.0. The van der Waals surface area contributed by atoms with Crippen LogP contribution in [0, 0.1) is 5.82 Å². The van der Waals surface area contributed by atoms with Crippen LogP contribution in [0.15, 0.2) is 30.5 Å². The first-order valence-corrected chi connectivity index (χ1v) is 10.4. The molecule has 1 saturated carbocycles. The van der Waals surface area contributed by atoms with Gasteiger partial charge in [0.05, 0.1) is 13.3 Å². The number of hydrogen-bond acceptors (Lipinski definition) is 6. The number of carbonyl (C=O) groups excluding carboxylic acids is 2. The second-order valence-corrected chi connectivity index (χ2v) is 7.55. The van der Waals surface area contributed by atoms with Crippen molar-refractivity contribution in [2.45, 2.75) is 51.6 Å². The normalized spacial score (nSPS) is 18.2. The van der Waals surface area contributed by atoms with Crippen LogP contribution in [-0.2, 0) is 9.53 Å². The van der Waals surface area contributed by atoms with Crippen LogP contribution in [0.2, 0.25) is 0 Å². The van der Waals surface area contributed by atoms with Crippen LogP contribution >= 0.6 is 0 Å². The van der Waals surface area contributed by atoms with Crippen LogP contribution in [0.25, 0.3) is 11.3 Å². The molecule has 0 saturated heterocycles. The third kappa shape index (κ3) is 5.68. The Morgan fingerprint density at radius 2 is 1.97 bits per heavy atom. The van der Waals surface area contributed by atoms with E-state index >= 15 is 0 Å². The summed E-state index contributed by atoms with van der Waals surface area (Å²) in [6.07, 6.45) is 4.13. The zero-order valence-electron chi connectivity index (χ0n) is 18.0. The number of anilines is 2. The number of amides is 2. The van der Waals surface area contributed by atoms with Crippen LogP contribution in [0.3, 0.4) is 0 Å². The highest BCUT2D eigenvalue weighted by atomic mass is 19.1. The van der Waals surface area contributed by atoms with Gasteiger partial charge in [-0.1, -0.05) is 12.1 Å². The first-order valence-electron chi connectivity index (χ1n) is 10.4. The Hall–Kier alpha value is -3.23. The summed E-state index contributed by atoms with van der Waals surface area (Å²) in [5.41, 5.74) is 1.29. The van der Waals surface area contributed by atoms with Gasteiger partial charge in [0.25, 0.3) is 0 Å². The molecule has 1 aliphatic carbocycles. The molecule has 1 aromatic carbocycles. The van der Waals surface area contributed by atoms with Crippen LogP contribution in [-0.4, -0.2) is 47.7 Å². The highest BCUT2D eigenvalue weighted by Crippen LogP contribution is 2.27. The molecule has 8 nitrogen and oxygen atoms in total. The van der Waals surface area contributed by atoms with E-state index in [1.54, 1.807) is 24.3 Å². The Morgan fingerprint density at radius 1 is 1.26 bits per heavy atom. The van der Waals surface area contributed by atoms with Gasteiger partial charge in [0.1, 0.15) is 5.69 Å². The zero-order chi connectivity index (χ0) is 22.4. The lowest BCUT2D eigenvalue weighted by Gasteiger charge is -2.29. The summed E-state index contributed by atoms with van der Waals surface area (Å²) in [4.78, 5) is 33.1. The molecule has 0 unspecified atom stereocenters. The molecule has 2 N–H and O–H groups in total. The van der Waals surface area contributed by atoms with E-state index in [2.05, 4.69) is 20.6 Å². The van der Waals surface area contributed by atoms with Crippen molar-refractivity contribution in [3.63, 3.8) is 0 Å². The van der Waals surface area contributed by atoms with E-state index in [0.29, 0.717) is 23.7 Å². The van der Waals surface area contributed by atoms with Crippen molar-refractivity contribution >= 4 is 23.6 Å². The van der Waals surface area contributed by atoms with Crippen LogP contribution in [0.4, 0.5) is 20.8 Å². The fourth-order valence-electron chi connectivity index (χ4n) is 3.84. The number of hydrogen-bond donors (Lipinski definition) is 2. The molecular formula is C22H32FN5O3. The van der Waals surface area contributed by atoms with E-state index in [9.17, 15) is 14.0 Å². The second-order valence-electron chi connectivity index (χ2n) is 7.55. The Labute approximate surface area is 184 Å². The summed E-state index contributed by atoms with van der Waals surface area (Å²) in [7, 11) is 1.32. The van der Waals surface area contributed by atoms with Crippen molar-refractivity contribution in [2.75, 3.05) is 23.9 Å². The highest BCUT2D eigenvalue weighted by Gasteiger charge is 2.23. The molecule has 1 heterocycles. The number of nitrogens with one attached hydrogen (secondary N) is 2. The molecule has 1 aromatic heterocycles. The van der Waals surface area contributed by atoms with Crippen LogP contribution < -0.4 is 15.5 Å². The average molecular weight is 434 g/mol. The highest BCUT2D eigenvalue weighted by molar-refractivity contribution is 5.88. The number of benzene rings is 1. The minimum absolute atomic E-state index is 0. The Morgan fingerprint density at radius 3 is 2.61 bits per heavy atom. The number of halogens is 1. The summed E-state index contributed by atoms with van der Waals surface area (Å²) >= 11 is 0. The summed E-state index contributed by atoms with van der Waals surface area (Å²) in [6.45, 7) is 3.77. The first kappa shape index (κ1) is 22.5. The minimum atomic E-state index is -0.543. The van der Waals surface area contributed by atoms with Gasteiger partial charge in [-0.2, -0.15) is 0 Å². The fraction of sp³-hybridized carbons (Fsp3) is 0.455. The van der Waals surface area contributed by atoms with Gasteiger partial charge in [-0.05, 0) is 44.7 Å². The lowest BCUT2D eigenvalue weighted by Crippen LogP contribution is -2.39. The molecule has 0 bridgehead atoms. The number of carbonyl (C=O) groups is 2. The summed E-state index contributed by atoms with van der Waals surface area (Å²) < 4.78 is 19.4. The third-order valence-electron chi connectivity index (χ3n) is 5.35. The molecule has 0 spiro atoms. The molecule has 3 rings (SSSR count). The summed E-state index contributed by atoms with van der Waals surface area (Å²) in [6, 6.07) is 7.30. The van der Waals surface area contributed by atoms with Gasteiger partial charge in [0, 0.05) is 39.7 Å². The van der Waals surface area contributed by atoms with E-state index in [1.807, 2.05) is 6.92 Å². The lowest BCUT2D eigenvalue weighted by molar-refractivity contribution is -0.119. The molecule has 0 radical (unpaired) electrons. The third-order valence-corrected chi connectivity index (χ3v) is 5.35. The van der Waals surface area contributed by atoms with Gasteiger partial charge in [-0.25, -0.2) is 19.2 Å². The Balaban J connectivity index is 0.00000272. The minimum Gasteiger partial charge on any atom is -0.452 e. The number of ether oxygens (including phenoxy) is 1. The van der Waals surface area contributed by atoms with Gasteiger partial charge in [-0.15, -0.1) is 0 Å². The molecule has 2 aromatic rings. The van der Waals surface area contributed by atoms with Crippen molar-refractivity contribution in [3.8, 4) is 11.3 Å². The van der Waals surface area contributed by atoms with Gasteiger partial charge >= 0.3 is 6.09 Å². The van der Waals surface area contributed by atoms with E-state index in [1.165, 1.54) is 18.9 Å². The van der Waals surface area contributed by atoms with Gasteiger partial charge in [0.15, 0.2) is 5.82 Å². The van der Waals surface area contributed by atoms with Gasteiger partial charge in [-0.3, -0.25) is 9.69 Å². The molecule has 1 fully saturated rings. The van der Waals surface area contributed by atoms with E-state index < -0.39 is 11.9 Å². The van der Waals surface area contributed by atoms with Crippen molar-refractivity contribution in [2.24, 2.45) is 0 Å². The second kappa shape index (κ2) is 10.2. The van der Waals surface area contributed by atoms with Crippen molar-refractivity contribution in [3.05, 3.63) is 36.3 Å². The van der Waals surface area contributed by atoms with Crippen LogP contribution in [0.5, 0.6) is 0 Å². The number of rotatable bonds is 6. The van der Waals surface area contributed by atoms with Crippen molar-refractivity contribution in [1.82, 2.24) is 15.3 Å². The van der Waals surface area contributed by atoms with Crippen molar-refractivity contribution in [1.29, 1.82) is 0 Å². The summed E-state index contributed by atoms with van der Waals surface area (Å²) in [5.74, 6) is -0.206.